The van der Waals surface area contributed by atoms with Gasteiger partial charge in [0.2, 0.25) is 0 Å². The zero-order valence-electron chi connectivity index (χ0n) is 40.7. The van der Waals surface area contributed by atoms with Gasteiger partial charge in [0.15, 0.2) is 0 Å². The molecule has 15 rings (SSSR count). The Bertz CT molecular complexity index is 4890. The highest BCUT2D eigenvalue weighted by Gasteiger charge is 2.24. The summed E-state index contributed by atoms with van der Waals surface area (Å²) in [5.74, 6) is 0. The number of fused-ring (bicyclic) bond motifs is 12. The van der Waals surface area contributed by atoms with E-state index in [4.69, 9.17) is 0 Å². The largest absolute Gasteiger partial charge is 0.309 e. The number of hydrogen-bond donors (Lipinski definition) is 0. The fourth-order valence-corrected chi connectivity index (χ4v) is 12.3. The van der Waals surface area contributed by atoms with E-state index >= 15 is 0 Å². The first-order valence-electron chi connectivity index (χ1n) is 25.3. The number of nitrogens with zero attached hydrogens (tertiary/aromatic N) is 6. The Balaban J connectivity index is 1.000. The van der Waals surface area contributed by atoms with E-state index < -0.39 is 0 Å². The number of aryl methyl sites for hydroxylation is 1. The van der Waals surface area contributed by atoms with Gasteiger partial charge in [-0.25, -0.2) is 0 Å². The molecule has 0 spiro atoms. The van der Waals surface area contributed by atoms with Gasteiger partial charge < -0.3 is 18.3 Å². The first-order valence-corrected chi connectivity index (χ1v) is 25.3. The van der Waals surface area contributed by atoms with E-state index in [9.17, 15) is 10.5 Å². The third kappa shape index (κ3) is 6.24. The maximum atomic E-state index is 10.7. The van der Waals surface area contributed by atoms with Gasteiger partial charge in [0, 0.05) is 65.6 Å². The molecule has 75 heavy (non-hydrogen) atoms. The average Bonchev–Trinajstić information content (AvgIpc) is 4.22. The molecule has 0 atom stereocenters. The second-order valence-electron chi connectivity index (χ2n) is 19.6. The lowest BCUT2D eigenvalue weighted by Crippen LogP contribution is -2.03. The maximum Gasteiger partial charge on any atom is 0.0991 e. The highest BCUT2D eigenvalue weighted by atomic mass is 15.0. The highest BCUT2D eigenvalue weighted by molar-refractivity contribution is 6.15. The lowest BCUT2D eigenvalue weighted by molar-refractivity contribution is 1.15. The molecular formula is C69H42N6. The average molecular weight is 955 g/mol. The second-order valence-corrected chi connectivity index (χ2v) is 19.6. The SMILES string of the molecule is Cc1cc(C#N)ccc1-c1ccc(-n2c3ccccc3c3cc(-n4c5ccccc5c5ccccc54)ccc32)c(-c2cc(C#N)ccc2-n2c3ccccc3c3cc(-n4c5ccccc5c5ccccc54)ccc32)c1. The Labute approximate surface area is 431 Å². The predicted molar refractivity (Wildman–Crippen MR) is 309 cm³/mol. The van der Waals surface area contributed by atoms with E-state index in [1.165, 1.54) is 21.5 Å². The van der Waals surface area contributed by atoms with E-state index in [0.29, 0.717) is 11.1 Å². The lowest BCUT2D eigenvalue weighted by atomic mass is 9.92. The molecule has 0 fully saturated rings. The first kappa shape index (κ1) is 42.3. The molecule has 0 saturated carbocycles. The van der Waals surface area contributed by atoms with Gasteiger partial charge in [-0.05, 0) is 139 Å². The number of nitriles is 2. The molecule has 0 aliphatic carbocycles. The lowest BCUT2D eigenvalue weighted by Gasteiger charge is -2.20. The van der Waals surface area contributed by atoms with E-state index in [2.05, 4.69) is 256 Å². The minimum absolute atomic E-state index is 0.562. The van der Waals surface area contributed by atoms with E-state index in [0.717, 1.165) is 116 Å². The molecule has 4 heterocycles. The third-order valence-corrected chi connectivity index (χ3v) is 15.5. The van der Waals surface area contributed by atoms with Gasteiger partial charge in [-0.1, -0.05) is 121 Å². The van der Waals surface area contributed by atoms with Crippen molar-refractivity contribution in [2.75, 3.05) is 0 Å². The molecule has 0 unspecified atom stereocenters. The van der Waals surface area contributed by atoms with Crippen LogP contribution in [0.15, 0.2) is 237 Å². The van der Waals surface area contributed by atoms with Gasteiger partial charge in [0.25, 0.3) is 0 Å². The first-order chi connectivity index (χ1) is 37.0. The fraction of sp³-hybridized carbons (Fsp3) is 0.0145. The minimum Gasteiger partial charge on any atom is -0.309 e. The zero-order valence-corrected chi connectivity index (χ0v) is 40.7. The molecule has 4 aromatic heterocycles. The molecule has 348 valence electrons. The summed E-state index contributed by atoms with van der Waals surface area (Å²) in [7, 11) is 0. The van der Waals surface area contributed by atoms with Gasteiger partial charge in [-0.15, -0.1) is 0 Å². The molecule has 11 aromatic carbocycles. The number of para-hydroxylation sites is 6. The van der Waals surface area contributed by atoms with Crippen molar-refractivity contribution >= 4 is 87.2 Å². The second kappa shape index (κ2) is 16.3. The van der Waals surface area contributed by atoms with E-state index in [1.807, 2.05) is 18.2 Å². The zero-order chi connectivity index (χ0) is 49.9. The molecule has 0 N–H and O–H groups in total. The standard InChI is InChI=1S/C69H42N6/c1-43-36-44(41-70)26-31-49(43)46-28-33-67(75-65-25-13-7-19-55(65)59-40-48(30-35-69(59)75)73-62-22-10-4-16-52(62)53-17-5-11-23-63(53)73)57(38-46)56-37-45(42-71)27-32-66(56)74-64-24-12-6-18-54(64)58-39-47(29-34-68(58)74)72-60-20-8-2-14-50(60)51-15-3-9-21-61(51)72/h2-40H,1H3. The summed E-state index contributed by atoms with van der Waals surface area (Å²) in [4.78, 5) is 0. The van der Waals surface area contributed by atoms with Gasteiger partial charge in [-0.2, -0.15) is 10.5 Å². The van der Waals surface area contributed by atoms with Crippen LogP contribution in [0.25, 0.3) is 132 Å². The van der Waals surface area contributed by atoms with Crippen molar-refractivity contribution in [1.29, 1.82) is 10.5 Å². The van der Waals surface area contributed by atoms with E-state index in [1.54, 1.807) is 0 Å². The van der Waals surface area contributed by atoms with Crippen LogP contribution in [0.4, 0.5) is 0 Å². The monoisotopic (exact) mass is 954 g/mol. The van der Waals surface area contributed by atoms with Crippen molar-refractivity contribution in [2.45, 2.75) is 6.92 Å². The minimum atomic E-state index is 0.562. The summed E-state index contributed by atoms with van der Waals surface area (Å²) in [6.45, 7) is 2.07. The summed E-state index contributed by atoms with van der Waals surface area (Å²) in [6.07, 6.45) is 0. The van der Waals surface area contributed by atoms with Gasteiger partial charge in [0.1, 0.15) is 0 Å². The molecular weight excluding hydrogens is 913 g/mol. The van der Waals surface area contributed by atoms with Crippen molar-refractivity contribution in [3.05, 3.63) is 253 Å². The quantitative estimate of drug-likeness (QED) is 0.167. The van der Waals surface area contributed by atoms with Crippen LogP contribution in [0.5, 0.6) is 0 Å². The van der Waals surface area contributed by atoms with Crippen LogP contribution in [-0.2, 0) is 0 Å². The predicted octanol–water partition coefficient (Wildman–Crippen LogP) is 17.5. The molecule has 0 amide bonds. The molecule has 0 saturated heterocycles. The molecule has 15 aromatic rings. The Morgan fingerprint density at radius 1 is 0.280 bits per heavy atom. The van der Waals surface area contributed by atoms with Crippen LogP contribution in [0.1, 0.15) is 16.7 Å². The maximum absolute atomic E-state index is 10.7. The van der Waals surface area contributed by atoms with Crippen molar-refractivity contribution in [3.8, 4) is 57.1 Å². The topological polar surface area (TPSA) is 67.3 Å². The molecule has 6 heteroatoms. The Morgan fingerprint density at radius 2 is 0.627 bits per heavy atom. The van der Waals surface area contributed by atoms with Crippen molar-refractivity contribution in [3.63, 3.8) is 0 Å². The van der Waals surface area contributed by atoms with Crippen LogP contribution in [0, 0.1) is 29.6 Å². The van der Waals surface area contributed by atoms with Crippen LogP contribution < -0.4 is 0 Å². The normalized spacial score (nSPS) is 11.8. The number of benzene rings is 11. The third-order valence-electron chi connectivity index (χ3n) is 15.5. The van der Waals surface area contributed by atoms with Crippen LogP contribution in [-0.4, -0.2) is 18.3 Å². The molecule has 0 radical (unpaired) electrons. The summed E-state index contributed by atoms with van der Waals surface area (Å²) in [6, 6.07) is 89.2. The van der Waals surface area contributed by atoms with Gasteiger partial charge in [-0.3, -0.25) is 0 Å². The number of rotatable bonds is 6. The Hall–Kier alpha value is -10.4. The Morgan fingerprint density at radius 3 is 1.05 bits per heavy atom. The van der Waals surface area contributed by atoms with Crippen LogP contribution >= 0.6 is 0 Å². The van der Waals surface area contributed by atoms with Crippen molar-refractivity contribution in [2.24, 2.45) is 0 Å². The van der Waals surface area contributed by atoms with Crippen LogP contribution in [0.2, 0.25) is 0 Å². The smallest absolute Gasteiger partial charge is 0.0991 e. The summed E-state index contributed by atoms with van der Waals surface area (Å²) in [5.41, 5.74) is 19.1. The molecule has 0 aliphatic heterocycles. The summed E-state index contributed by atoms with van der Waals surface area (Å²) >= 11 is 0. The molecule has 0 aliphatic rings. The highest BCUT2D eigenvalue weighted by Crippen LogP contribution is 2.45. The summed E-state index contributed by atoms with van der Waals surface area (Å²) < 4.78 is 9.54. The van der Waals surface area contributed by atoms with Gasteiger partial charge in [0.05, 0.1) is 78.8 Å². The number of hydrogen-bond acceptors (Lipinski definition) is 2. The van der Waals surface area contributed by atoms with Crippen molar-refractivity contribution < 1.29 is 0 Å². The van der Waals surface area contributed by atoms with Crippen LogP contribution in [0.3, 0.4) is 0 Å². The Kier molecular flexibility index (Phi) is 9.20. The van der Waals surface area contributed by atoms with Gasteiger partial charge >= 0.3 is 0 Å². The number of aromatic nitrogens is 4. The fourth-order valence-electron chi connectivity index (χ4n) is 12.3. The van der Waals surface area contributed by atoms with Crippen molar-refractivity contribution in [1.82, 2.24) is 18.3 Å². The molecule has 6 nitrogen and oxygen atoms in total. The molecule has 0 bridgehead atoms. The summed E-state index contributed by atoms with van der Waals surface area (Å²) in [5, 5.41) is 30.0. The van der Waals surface area contributed by atoms with E-state index in [-0.39, 0.29) is 0 Å².